The van der Waals surface area contributed by atoms with E-state index in [9.17, 15) is 14.9 Å². The number of esters is 1. The van der Waals surface area contributed by atoms with Crippen molar-refractivity contribution in [1.82, 2.24) is 0 Å². The zero-order chi connectivity index (χ0) is 11.0. The number of nitrogens with two attached hydrogens (primary N) is 1. The van der Waals surface area contributed by atoms with Crippen molar-refractivity contribution in [3.8, 4) is 0 Å². The Hall–Kier alpha value is -2.11. The van der Waals surface area contributed by atoms with E-state index in [4.69, 9.17) is 10.5 Å². The maximum absolute atomic E-state index is 11.3. The van der Waals surface area contributed by atoms with Gasteiger partial charge in [0, 0.05) is 23.7 Å². The molecule has 0 atom stereocenters. The highest BCUT2D eigenvalue weighted by molar-refractivity contribution is 5.94. The van der Waals surface area contributed by atoms with Gasteiger partial charge in [-0.15, -0.1) is 0 Å². The summed E-state index contributed by atoms with van der Waals surface area (Å²) in [6.45, 7) is 0.177. The van der Waals surface area contributed by atoms with Gasteiger partial charge in [0.1, 0.15) is 0 Å². The van der Waals surface area contributed by atoms with Crippen molar-refractivity contribution >= 4 is 17.3 Å². The molecule has 1 aliphatic heterocycles. The largest absolute Gasteiger partial charge is 0.462 e. The lowest BCUT2D eigenvalue weighted by Crippen LogP contribution is -2.19. The Morgan fingerprint density at radius 3 is 2.87 bits per heavy atom. The highest BCUT2D eigenvalue weighted by Crippen LogP contribution is 2.29. The molecule has 2 N–H and O–H groups in total. The van der Waals surface area contributed by atoms with E-state index >= 15 is 0 Å². The first kappa shape index (κ1) is 9.45. The molecule has 0 unspecified atom stereocenters. The second-order valence-electron chi connectivity index (χ2n) is 3.21. The molecule has 1 aromatic rings. The van der Waals surface area contributed by atoms with Crippen LogP contribution < -0.4 is 5.73 Å². The molecule has 1 heterocycles. The van der Waals surface area contributed by atoms with Crippen LogP contribution in [0.5, 0.6) is 0 Å². The van der Waals surface area contributed by atoms with Crippen LogP contribution in [0, 0.1) is 10.1 Å². The lowest BCUT2D eigenvalue weighted by Gasteiger charge is -2.15. The second-order valence-corrected chi connectivity index (χ2v) is 3.21. The van der Waals surface area contributed by atoms with Crippen molar-refractivity contribution in [1.29, 1.82) is 0 Å². The Labute approximate surface area is 84.8 Å². The van der Waals surface area contributed by atoms with Gasteiger partial charge in [-0.25, -0.2) is 4.79 Å². The van der Waals surface area contributed by atoms with Crippen LogP contribution in [0.15, 0.2) is 12.1 Å². The quantitative estimate of drug-likeness (QED) is 0.320. The fraction of sp³-hybridized carbons (Fsp3) is 0.222. The molecule has 0 spiro atoms. The fourth-order valence-electron chi connectivity index (χ4n) is 1.61. The Balaban J connectivity index is 2.67. The molecule has 6 nitrogen and oxygen atoms in total. The average Bonchev–Trinajstić information content (AvgIpc) is 2.18. The SMILES string of the molecule is Nc1cc2c(c([N+](=O)[O-])c1)CCOC2=O. The van der Waals surface area contributed by atoms with Gasteiger partial charge in [0.2, 0.25) is 0 Å². The number of rotatable bonds is 1. The molecule has 6 heteroatoms. The molecule has 2 rings (SSSR count). The highest BCUT2D eigenvalue weighted by atomic mass is 16.6. The van der Waals surface area contributed by atoms with Crippen molar-refractivity contribution in [3.05, 3.63) is 33.4 Å². The summed E-state index contributed by atoms with van der Waals surface area (Å²) in [4.78, 5) is 21.5. The number of ether oxygens (including phenoxy) is 1. The molecule has 78 valence electrons. The molecule has 0 saturated heterocycles. The van der Waals surface area contributed by atoms with Crippen LogP contribution in [0.2, 0.25) is 0 Å². The second kappa shape index (κ2) is 3.23. The summed E-state index contributed by atoms with van der Waals surface area (Å²) in [7, 11) is 0. The lowest BCUT2D eigenvalue weighted by atomic mass is 10.00. The van der Waals surface area contributed by atoms with Gasteiger partial charge < -0.3 is 10.5 Å². The number of nitro groups is 1. The van der Waals surface area contributed by atoms with Crippen LogP contribution in [-0.4, -0.2) is 17.5 Å². The van der Waals surface area contributed by atoms with E-state index in [-0.39, 0.29) is 23.5 Å². The van der Waals surface area contributed by atoms with E-state index in [1.54, 1.807) is 0 Å². The number of nitrogen functional groups attached to an aromatic ring is 1. The summed E-state index contributed by atoms with van der Waals surface area (Å²) in [6, 6.07) is 2.67. The van der Waals surface area contributed by atoms with E-state index in [0.29, 0.717) is 12.0 Å². The average molecular weight is 208 g/mol. The minimum Gasteiger partial charge on any atom is -0.462 e. The molecule has 0 amide bonds. The van der Waals surface area contributed by atoms with Crippen LogP contribution in [0.25, 0.3) is 0 Å². The third-order valence-electron chi connectivity index (χ3n) is 2.25. The zero-order valence-corrected chi connectivity index (χ0v) is 7.73. The number of cyclic esters (lactones) is 1. The summed E-state index contributed by atoms with van der Waals surface area (Å²) < 4.78 is 4.78. The van der Waals surface area contributed by atoms with Crippen LogP contribution in [0.4, 0.5) is 11.4 Å². The topological polar surface area (TPSA) is 95.5 Å². The Kier molecular flexibility index (Phi) is 2.03. The van der Waals surface area contributed by atoms with Gasteiger partial charge in [-0.3, -0.25) is 10.1 Å². The molecule has 15 heavy (non-hydrogen) atoms. The third kappa shape index (κ3) is 1.50. The summed E-state index contributed by atoms with van der Waals surface area (Å²) in [6.07, 6.45) is 0.359. The predicted molar refractivity (Wildman–Crippen MR) is 51.5 cm³/mol. The number of benzene rings is 1. The van der Waals surface area contributed by atoms with Gasteiger partial charge in [0.15, 0.2) is 0 Å². The van der Waals surface area contributed by atoms with Crippen molar-refractivity contribution in [3.63, 3.8) is 0 Å². The maximum atomic E-state index is 11.3. The van der Waals surface area contributed by atoms with Gasteiger partial charge in [-0.1, -0.05) is 0 Å². The van der Waals surface area contributed by atoms with E-state index in [1.807, 2.05) is 0 Å². The number of nitrogens with zero attached hydrogens (tertiary/aromatic N) is 1. The smallest absolute Gasteiger partial charge is 0.338 e. The van der Waals surface area contributed by atoms with Crippen molar-refractivity contribution in [2.24, 2.45) is 0 Å². The highest BCUT2D eigenvalue weighted by Gasteiger charge is 2.27. The van der Waals surface area contributed by atoms with Gasteiger partial charge >= 0.3 is 5.97 Å². The van der Waals surface area contributed by atoms with E-state index in [1.165, 1.54) is 12.1 Å². The Morgan fingerprint density at radius 2 is 2.20 bits per heavy atom. The summed E-state index contributed by atoms with van der Waals surface area (Å²) in [5.74, 6) is -0.549. The van der Waals surface area contributed by atoms with E-state index in [2.05, 4.69) is 0 Å². The first-order valence-electron chi connectivity index (χ1n) is 4.33. The summed E-state index contributed by atoms with van der Waals surface area (Å²) in [5, 5.41) is 10.7. The van der Waals surface area contributed by atoms with Crippen LogP contribution in [0.1, 0.15) is 15.9 Å². The number of nitro benzene ring substituents is 1. The normalized spacial score (nSPS) is 14.3. The number of anilines is 1. The Bertz CT molecular complexity index is 438. The molecule has 1 aliphatic rings. The standard InChI is InChI=1S/C9H8N2O4/c10-5-3-7-6(1-2-15-9(7)12)8(4-5)11(13)14/h3-4H,1-2,10H2. The van der Waals surface area contributed by atoms with Crippen molar-refractivity contribution in [2.45, 2.75) is 6.42 Å². The number of carbonyl (C=O) groups excluding carboxylic acids is 1. The van der Waals surface area contributed by atoms with Crippen molar-refractivity contribution in [2.75, 3.05) is 12.3 Å². The molecule has 0 aliphatic carbocycles. The Morgan fingerprint density at radius 1 is 1.47 bits per heavy atom. The number of hydrogen-bond acceptors (Lipinski definition) is 5. The van der Waals surface area contributed by atoms with E-state index < -0.39 is 10.9 Å². The van der Waals surface area contributed by atoms with Gasteiger partial charge in [-0.2, -0.15) is 0 Å². The molecular weight excluding hydrogens is 200 g/mol. The fourth-order valence-corrected chi connectivity index (χ4v) is 1.61. The number of carbonyl (C=O) groups is 1. The first-order chi connectivity index (χ1) is 7.09. The van der Waals surface area contributed by atoms with E-state index in [0.717, 1.165) is 0 Å². The molecular formula is C9H8N2O4. The number of hydrogen-bond donors (Lipinski definition) is 1. The van der Waals surface area contributed by atoms with Gasteiger partial charge in [0.25, 0.3) is 5.69 Å². The van der Waals surface area contributed by atoms with Crippen molar-refractivity contribution < 1.29 is 14.5 Å². The predicted octanol–water partition coefficient (Wildman–Crippen LogP) is 0.890. The van der Waals surface area contributed by atoms with Crippen LogP contribution in [0.3, 0.4) is 0 Å². The maximum Gasteiger partial charge on any atom is 0.338 e. The van der Waals surface area contributed by atoms with Gasteiger partial charge in [0.05, 0.1) is 17.1 Å². The zero-order valence-electron chi connectivity index (χ0n) is 7.73. The third-order valence-corrected chi connectivity index (χ3v) is 2.25. The molecule has 1 aromatic carbocycles. The van der Waals surface area contributed by atoms with Crippen LogP contribution in [-0.2, 0) is 11.2 Å². The molecule has 0 fully saturated rings. The minimum atomic E-state index is -0.549. The molecule has 0 radical (unpaired) electrons. The minimum absolute atomic E-state index is 0.110. The summed E-state index contributed by atoms with van der Waals surface area (Å²) in [5.41, 5.74) is 6.16. The van der Waals surface area contributed by atoms with Gasteiger partial charge in [-0.05, 0) is 6.07 Å². The molecule has 0 bridgehead atoms. The first-order valence-corrected chi connectivity index (χ1v) is 4.33. The molecule has 0 aromatic heterocycles. The number of fused-ring (bicyclic) bond motifs is 1. The lowest BCUT2D eigenvalue weighted by molar-refractivity contribution is -0.385. The van der Waals surface area contributed by atoms with Crippen LogP contribution >= 0.6 is 0 Å². The monoisotopic (exact) mass is 208 g/mol. The summed E-state index contributed by atoms with van der Waals surface area (Å²) >= 11 is 0. The molecule has 0 saturated carbocycles.